The minimum absolute atomic E-state index is 0.0557. The number of ether oxygens (including phenoxy) is 3. The molecule has 4 rings (SSSR count). The van der Waals surface area contributed by atoms with Crippen molar-refractivity contribution in [2.24, 2.45) is 0 Å². The molecule has 9 heteroatoms. The van der Waals surface area contributed by atoms with Gasteiger partial charge in [-0.2, -0.15) is 5.10 Å². The van der Waals surface area contributed by atoms with Crippen molar-refractivity contribution in [3.63, 3.8) is 0 Å². The molecule has 2 heterocycles. The highest BCUT2D eigenvalue weighted by molar-refractivity contribution is 7.92. The zero-order chi connectivity index (χ0) is 20.1. The van der Waals surface area contributed by atoms with Gasteiger partial charge in [-0.1, -0.05) is 30.3 Å². The molecule has 1 N–H and O–H groups in total. The van der Waals surface area contributed by atoms with Crippen LogP contribution in [0.15, 0.2) is 67.0 Å². The lowest BCUT2D eigenvalue weighted by Gasteiger charge is -2.26. The summed E-state index contributed by atoms with van der Waals surface area (Å²) >= 11 is 0. The van der Waals surface area contributed by atoms with Crippen LogP contribution in [0.4, 0.5) is 5.69 Å². The largest absolute Gasteiger partial charge is 0.492 e. The van der Waals surface area contributed by atoms with Crippen molar-refractivity contribution >= 4 is 15.7 Å². The van der Waals surface area contributed by atoms with Crippen molar-refractivity contribution in [2.75, 3.05) is 23.7 Å². The molecule has 1 unspecified atom stereocenters. The Kier molecular flexibility index (Phi) is 5.57. The van der Waals surface area contributed by atoms with Gasteiger partial charge >= 0.3 is 0 Å². The van der Waals surface area contributed by atoms with Gasteiger partial charge in [0, 0.05) is 6.20 Å². The summed E-state index contributed by atoms with van der Waals surface area (Å²) in [4.78, 5) is 0. The predicted molar refractivity (Wildman–Crippen MR) is 108 cm³/mol. The van der Waals surface area contributed by atoms with E-state index < -0.39 is 10.0 Å². The van der Waals surface area contributed by atoms with Crippen molar-refractivity contribution in [1.82, 2.24) is 9.78 Å². The number of benzene rings is 2. The number of anilines is 1. The van der Waals surface area contributed by atoms with Crippen molar-refractivity contribution in [1.29, 1.82) is 0 Å². The van der Waals surface area contributed by atoms with E-state index in [0.29, 0.717) is 30.3 Å². The smallest absolute Gasteiger partial charge is 0.236 e. The van der Waals surface area contributed by atoms with Crippen LogP contribution in [0, 0.1) is 0 Å². The second-order valence-electron chi connectivity index (χ2n) is 6.53. The third-order valence-electron chi connectivity index (χ3n) is 4.23. The Hall–Kier alpha value is -3.20. The van der Waals surface area contributed by atoms with E-state index >= 15 is 0 Å². The van der Waals surface area contributed by atoms with Crippen molar-refractivity contribution in [3.05, 3.63) is 67.0 Å². The lowest BCUT2D eigenvalue weighted by Crippen LogP contribution is -2.33. The van der Waals surface area contributed by atoms with E-state index in [0.717, 1.165) is 5.75 Å². The monoisotopic (exact) mass is 415 g/mol. The van der Waals surface area contributed by atoms with Crippen LogP contribution in [0.25, 0.3) is 0 Å². The van der Waals surface area contributed by atoms with Gasteiger partial charge in [0.2, 0.25) is 10.0 Å². The molecule has 0 amide bonds. The second-order valence-corrected chi connectivity index (χ2v) is 8.37. The fourth-order valence-corrected chi connectivity index (χ4v) is 3.76. The van der Waals surface area contributed by atoms with E-state index in [4.69, 9.17) is 14.2 Å². The SMILES string of the molecule is O=S(=O)(CCOc1ccccc1)Nc1cnn(CC2COc3ccccc3O2)c1. The summed E-state index contributed by atoms with van der Waals surface area (Å²) in [5.41, 5.74) is 0.391. The molecule has 0 saturated heterocycles. The highest BCUT2D eigenvalue weighted by Crippen LogP contribution is 2.31. The van der Waals surface area contributed by atoms with Gasteiger partial charge in [0.15, 0.2) is 17.6 Å². The van der Waals surface area contributed by atoms with Crippen LogP contribution in [0.1, 0.15) is 0 Å². The third-order valence-corrected chi connectivity index (χ3v) is 5.48. The molecule has 2 aromatic carbocycles. The van der Waals surface area contributed by atoms with Gasteiger partial charge in [0.1, 0.15) is 24.7 Å². The lowest BCUT2D eigenvalue weighted by molar-refractivity contribution is 0.0759. The Morgan fingerprint density at radius 1 is 1.10 bits per heavy atom. The minimum atomic E-state index is -3.55. The van der Waals surface area contributed by atoms with Gasteiger partial charge in [0.05, 0.1) is 18.4 Å². The molecule has 0 aliphatic carbocycles. The van der Waals surface area contributed by atoms with Crippen molar-refractivity contribution < 1.29 is 22.6 Å². The number of rotatable bonds is 8. The molecule has 1 aliphatic heterocycles. The Labute approximate surface area is 169 Å². The van der Waals surface area contributed by atoms with Crippen LogP contribution >= 0.6 is 0 Å². The molecule has 1 aliphatic rings. The number of sulfonamides is 1. The Bertz CT molecular complexity index is 1050. The highest BCUT2D eigenvalue weighted by atomic mass is 32.2. The minimum Gasteiger partial charge on any atom is -0.492 e. The van der Waals surface area contributed by atoms with Crippen LogP contribution in [0.3, 0.4) is 0 Å². The molecule has 152 valence electrons. The number of hydrogen-bond acceptors (Lipinski definition) is 6. The number of nitrogens with one attached hydrogen (secondary N) is 1. The predicted octanol–water partition coefficient (Wildman–Crippen LogP) is 2.54. The summed E-state index contributed by atoms with van der Waals surface area (Å²) in [6.07, 6.45) is 2.88. The fraction of sp³-hybridized carbons (Fsp3) is 0.250. The maximum absolute atomic E-state index is 12.3. The first-order chi connectivity index (χ1) is 14.1. The topological polar surface area (TPSA) is 91.7 Å². The first-order valence-electron chi connectivity index (χ1n) is 9.17. The standard InChI is InChI=1S/C20H21N3O5S/c24-29(25,11-10-26-17-6-2-1-3-7-17)22-16-12-21-23(13-16)14-18-15-27-19-8-4-5-9-20(19)28-18/h1-9,12-13,18,22H,10-11,14-15H2. The van der Waals surface area contributed by atoms with Crippen LogP contribution in [-0.4, -0.2) is 43.3 Å². The molecule has 1 aromatic heterocycles. The average molecular weight is 415 g/mol. The molecule has 8 nitrogen and oxygen atoms in total. The van der Waals surface area contributed by atoms with E-state index in [1.807, 2.05) is 42.5 Å². The normalized spacial score (nSPS) is 15.7. The Balaban J connectivity index is 1.28. The van der Waals surface area contributed by atoms with Gasteiger partial charge in [-0.25, -0.2) is 8.42 Å². The molecule has 1 atom stereocenters. The van der Waals surface area contributed by atoms with Gasteiger partial charge in [-0.15, -0.1) is 0 Å². The summed E-state index contributed by atoms with van der Waals surface area (Å²) in [6.45, 7) is 0.891. The fourth-order valence-electron chi connectivity index (χ4n) is 2.89. The summed E-state index contributed by atoms with van der Waals surface area (Å²) < 4.78 is 45.7. The zero-order valence-electron chi connectivity index (χ0n) is 15.6. The van der Waals surface area contributed by atoms with Crippen LogP contribution < -0.4 is 18.9 Å². The molecule has 0 spiro atoms. The quantitative estimate of drug-likeness (QED) is 0.608. The summed E-state index contributed by atoms with van der Waals surface area (Å²) in [5.74, 6) is 1.88. The van der Waals surface area contributed by atoms with E-state index in [1.54, 1.807) is 23.0 Å². The van der Waals surface area contributed by atoms with Crippen molar-refractivity contribution in [3.8, 4) is 17.2 Å². The van der Waals surface area contributed by atoms with Crippen molar-refractivity contribution in [2.45, 2.75) is 12.6 Å². The maximum atomic E-state index is 12.3. The summed E-state index contributed by atoms with van der Waals surface area (Å²) in [5, 5.41) is 4.20. The van der Waals surface area contributed by atoms with E-state index in [-0.39, 0.29) is 18.5 Å². The zero-order valence-corrected chi connectivity index (χ0v) is 16.4. The van der Waals surface area contributed by atoms with Gasteiger partial charge < -0.3 is 14.2 Å². The molecule has 0 radical (unpaired) electrons. The highest BCUT2D eigenvalue weighted by Gasteiger charge is 2.21. The molecular weight excluding hydrogens is 394 g/mol. The number of nitrogens with zero attached hydrogens (tertiary/aromatic N) is 2. The summed E-state index contributed by atoms with van der Waals surface area (Å²) in [6, 6.07) is 16.6. The van der Waals surface area contributed by atoms with Gasteiger partial charge in [0.25, 0.3) is 0 Å². The van der Waals surface area contributed by atoms with Crippen LogP contribution in [-0.2, 0) is 16.6 Å². The average Bonchev–Trinajstić information content (AvgIpc) is 3.14. The second kappa shape index (κ2) is 8.44. The molecular formula is C20H21N3O5S. The first-order valence-corrected chi connectivity index (χ1v) is 10.8. The molecule has 0 fully saturated rings. The molecule has 3 aromatic rings. The lowest BCUT2D eigenvalue weighted by atomic mass is 10.2. The van der Waals surface area contributed by atoms with E-state index in [9.17, 15) is 8.42 Å². The number of hydrogen-bond donors (Lipinski definition) is 1. The number of para-hydroxylation sites is 3. The van der Waals surface area contributed by atoms with E-state index in [2.05, 4.69) is 9.82 Å². The molecule has 29 heavy (non-hydrogen) atoms. The van der Waals surface area contributed by atoms with Gasteiger partial charge in [-0.05, 0) is 24.3 Å². The molecule has 0 saturated carbocycles. The Morgan fingerprint density at radius 2 is 1.86 bits per heavy atom. The number of aromatic nitrogens is 2. The van der Waals surface area contributed by atoms with Crippen LogP contribution in [0.5, 0.6) is 17.2 Å². The first kappa shape index (κ1) is 19.1. The third kappa shape index (κ3) is 5.20. The van der Waals surface area contributed by atoms with Crippen LogP contribution in [0.2, 0.25) is 0 Å². The maximum Gasteiger partial charge on any atom is 0.236 e. The summed E-state index contributed by atoms with van der Waals surface area (Å²) in [7, 11) is -3.55. The van der Waals surface area contributed by atoms with E-state index in [1.165, 1.54) is 6.20 Å². The Morgan fingerprint density at radius 3 is 2.69 bits per heavy atom. The van der Waals surface area contributed by atoms with Gasteiger partial charge in [-0.3, -0.25) is 9.40 Å². The molecule has 0 bridgehead atoms. The number of fused-ring (bicyclic) bond motifs is 1.